The molecule has 0 fully saturated rings. The molecule has 0 aromatic heterocycles. The Morgan fingerprint density at radius 3 is 2.47 bits per heavy atom. The molecule has 0 heterocycles. The van der Waals surface area contributed by atoms with Crippen LogP contribution in [0.5, 0.6) is 5.75 Å². The summed E-state index contributed by atoms with van der Waals surface area (Å²) in [7, 11) is 0. The van der Waals surface area contributed by atoms with Gasteiger partial charge < -0.3 is 9.84 Å². The molecule has 0 radical (unpaired) electrons. The van der Waals surface area contributed by atoms with Gasteiger partial charge in [0.05, 0.1) is 6.61 Å². The average Bonchev–Trinajstić information content (AvgIpc) is 2.35. The summed E-state index contributed by atoms with van der Waals surface area (Å²) in [5, 5.41) is 11.6. The van der Waals surface area contributed by atoms with Crippen molar-refractivity contribution in [3.63, 3.8) is 0 Å². The molecule has 1 atom stereocenters. The van der Waals surface area contributed by atoms with E-state index in [-0.39, 0.29) is 12.7 Å². The largest absolute Gasteiger partial charge is 0.487 e. The Labute approximate surface area is 102 Å². The molecule has 17 heavy (non-hydrogen) atoms. The second kappa shape index (κ2) is 5.19. The fourth-order valence-electron chi connectivity index (χ4n) is 1.85. The summed E-state index contributed by atoms with van der Waals surface area (Å²) in [5.41, 5.74) is 0. The monoisotopic (exact) mass is 230 g/mol. The van der Waals surface area contributed by atoms with E-state index in [1.165, 1.54) is 0 Å². The van der Waals surface area contributed by atoms with Gasteiger partial charge >= 0.3 is 0 Å². The topological polar surface area (TPSA) is 29.5 Å². The second-order valence-electron chi connectivity index (χ2n) is 4.56. The highest BCUT2D eigenvalue weighted by molar-refractivity contribution is 5.88. The van der Waals surface area contributed by atoms with E-state index in [0.717, 1.165) is 16.5 Å². The summed E-state index contributed by atoms with van der Waals surface area (Å²) in [6.07, 6.45) is -0.152. The zero-order valence-corrected chi connectivity index (χ0v) is 10.3. The molecule has 2 aromatic rings. The number of benzene rings is 2. The van der Waals surface area contributed by atoms with Gasteiger partial charge in [-0.1, -0.05) is 50.2 Å². The molecule has 0 bridgehead atoms. The first-order chi connectivity index (χ1) is 8.22. The third-order valence-corrected chi connectivity index (χ3v) is 2.95. The SMILES string of the molecule is CC(C)C(CO)Oc1cccc2ccccc12. The van der Waals surface area contributed by atoms with Gasteiger partial charge in [0.1, 0.15) is 11.9 Å². The molecule has 2 nitrogen and oxygen atoms in total. The highest BCUT2D eigenvalue weighted by Crippen LogP contribution is 2.27. The van der Waals surface area contributed by atoms with E-state index in [0.29, 0.717) is 5.92 Å². The van der Waals surface area contributed by atoms with Crippen LogP contribution in [0.4, 0.5) is 0 Å². The van der Waals surface area contributed by atoms with Crippen LogP contribution in [0.2, 0.25) is 0 Å². The van der Waals surface area contributed by atoms with Gasteiger partial charge in [-0.25, -0.2) is 0 Å². The van der Waals surface area contributed by atoms with Gasteiger partial charge in [-0.2, -0.15) is 0 Å². The van der Waals surface area contributed by atoms with Crippen molar-refractivity contribution in [2.24, 2.45) is 5.92 Å². The number of fused-ring (bicyclic) bond motifs is 1. The normalized spacial score (nSPS) is 12.9. The van der Waals surface area contributed by atoms with E-state index in [1.807, 2.05) is 44.2 Å². The molecule has 0 spiro atoms. The van der Waals surface area contributed by atoms with E-state index in [9.17, 15) is 5.11 Å². The van der Waals surface area contributed by atoms with Crippen molar-refractivity contribution in [1.29, 1.82) is 0 Å². The van der Waals surface area contributed by atoms with Crippen LogP contribution in [0, 0.1) is 5.92 Å². The number of hydrogen-bond acceptors (Lipinski definition) is 2. The van der Waals surface area contributed by atoms with Gasteiger partial charge in [-0.05, 0) is 17.4 Å². The molecule has 0 saturated carbocycles. The lowest BCUT2D eigenvalue weighted by Gasteiger charge is -2.21. The van der Waals surface area contributed by atoms with Crippen molar-refractivity contribution in [1.82, 2.24) is 0 Å². The zero-order valence-electron chi connectivity index (χ0n) is 10.3. The predicted molar refractivity (Wildman–Crippen MR) is 70.3 cm³/mol. The maximum Gasteiger partial charge on any atom is 0.127 e. The molecule has 2 rings (SSSR count). The van der Waals surface area contributed by atoms with E-state index < -0.39 is 0 Å². The molecule has 0 amide bonds. The van der Waals surface area contributed by atoms with E-state index in [4.69, 9.17) is 4.74 Å². The number of aliphatic hydroxyl groups excluding tert-OH is 1. The summed E-state index contributed by atoms with van der Waals surface area (Å²) in [4.78, 5) is 0. The smallest absolute Gasteiger partial charge is 0.127 e. The maximum atomic E-state index is 9.30. The molecule has 0 aliphatic heterocycles. The molecule has 0 aliphatic rings. The van der Waals surface area contributed by atoms with Crippen molar-refractivity contribution >= 4 is 10.8 Å². The van der Waals surface area contributed by atoms with Crippen LogP contribution in [0.15, 0.2) is 42.5 Å². The van der Waals surface area contributed by atoms with Crippen LogP contribution in [-0.2, 0) is 0 Å². The summed E-state index contributed by atoms with van der Waals surface area (Å²) in [5.74, 6) is 1.13. The van der Waals surface area contributed by atoms with Crippen LogP contribution in [0.25, 0.3) is 10.8 Å². The molecule has 2 heteroatoms. The molecule has 90 valence electrons. The number of aliphatic hydroxyl groups is 1. The Hall–Kier alpha value is -1.54. The minimum Gasteiger partial charge on any atom is -0.487 e. The predicted octanol–water partition coefficient (Wildman–Crippen LogP) is 3.24. The Morgan fingerprint density at radius 1 is 1.06 bits per heavy atom. The van der Waals surface area contributed by atoms with Gasteiger partial charge in [-0.3, -0.25) is 0 Å². The fourth-order valence-corrected chi connectivity index (χ4v) is 1.85. The average molecular weight is 230 g/mol. The number of ether oxygens (including phenoxy) is 1. The van der Waals surface area contributed by atoms with Crippen LogP contribution in [-0.4, -0.2) is 17.8 Å². The standard InChI is InChI=1S/C15H18O2/c1-11(2)15(10-16)17-14-9-5-7-12-6-3-4-8-13(12)14/h3-9,11,15-16H,10H2,1-2H3. The van der Waals surface area contributed by atoms with Crippen molar-refractivity contribution < 1.29 is 9.84 Å². The van der Waals surface area contributed by atoms with Crippen LogP contribution in [0.1, 0.15) is 13.8 Å². The fraction of sp³-hybridized carbons (Fsp3) is 0.333. The first-order valence-electron chi connectivity index (χ1n) is 5.97. The highest BCUT2D eigenvalue weighted by Gasteiger charge is 2.14. The molecule has 1 N–H and O–H groups in total. The summed E-state index contributed by atoms with van der Waals surface area (Å²) < 4.78 is 5.89. The Balaban J connectivity index is 2.35. The van der Waals surface area contributed by atoms with E-state index >= 15 is 0 Å². The van der Waals surface area contributed by atoms with E-state index in [2.05, 4.69) is 12.1 Å². The molecule has 1 unspecified atom stereocenters. The van der Waals surface area contributed by atoms with Gasteiger partial charge in [0.15, 0.2) is 0 Å². The maximum absolute atomic E-state index is 9.30. The van der Waals surface area contributed by atoms with Gasteiger partial charge in [0.2, 0.25) is 0 Å². The third-order valence-electron chi connectivity index (χ3n) is 2.95. The lowest BCUT2D eigenvalue weighted by atomic mass is 10.1. The van der Waals surface area contributed by atoms with Crippen LogP contribution >= 0.6 is 0 Å². The summed E-state index contributed by atoms with van der Waals surface area (Å²) in [6.45, 7) is 4.14. The van der Waals surface area contributed by atoms with Crippen molar-refractivity contribution in [3.8, 4) is 5.75 Å². The quantitative estimate of drug-likeness (QED) is 0.873. The van der Waals surface area contributed by atoms with Crippen molar-refractivity contribution in [2.45, 2.75) is 20.0 Å². The summed E-state index contributed by atoms with van der Waals surface area (Å²) in [6, 6.07) is 14.1. The Bertz CT molecular complexity index is 486. The van der Waals surface area contributed by atoms with Gasteiger partial charge in [-0.15, -0.1) is 0 Å². The minimum absolute atomic E-state index is 0.0425. The number of hydrogen-bond donors (Lipinski definition) is 1. The molecular formula is C15H18O2. The lowest BCUT2D eigenvalue weighted by molar-refractivity contribution is 0.0815. The third kappa shape index (κ3) is 2.59. The van der Waals surface area contributed by atoms with Gasteiger partial charge in [0.25, 0.3) is 0 Å². The Kier molecular flexibility index (Phi) is 3.64. The highest BCUT2D eigenvalue weighted by atomic mass is 16.5. The van der Waals surface area contributed by atoms with Crippen LogP contribution < -0.4 is 4.74 Å². The van der Waals surface area contributed by atoms with Gasteiger partial charge in [0, 0.05) is 5.39 Å². The van der Waals surface area contributed by atoms with Crippen LogP contribution in [0.3, 0.4) is 0 Å². The molecule has 0 saturated heterocycles. The lowest BCUT2D eigenvalue weighted by Crippen LogP contribution is -2.27. The number of rotatable bonds is 4. The minimum atomic E-state index is -0.152. The van der Waals surface area contributed by atoms with E-state index in [1.54, 1.807) is 0 Å². The first kappa shape index (κ1) is 11.9. The summed E-state index contributed by atoms with van der Waals surface area (Å²) >= 11 is 0. The van der Waals surface area contributed by atoms with Crippen molar-refractivity contribution in [3.05, 3.63) is 42.5 Å². The van der Waals surface area contributed by atoms with Crippen molar-refractivity contribution in [2.75, 3.05) is 6.61 Å². The molecule has 2 aromatic carbocycles. The zero-order chi connectivity index (χ0) is 12.3. The second-order valence-corrected chi connectivity index (χ2v) is 4.56. The molecular weight excluding hydrogens is 212 g/mol. The molecule has 0 aliphatic carbocycles. The first-order valence-corrected chi connectivity index (χ1v) is 5.97. The Morgan fingerprint density at radius 2 is 1.76 bits per heavy atom.